The van der Waals surface area contributed by atoms with Crippen LogP contribution < -0.4 is 5.32 Å². The topological polar surface area (TPSA) is 123 Å². The van der Waals surface area contributed by atoms with Gasteiger partial charge in [-0.1, -0.05) is 157 Å². The Hall–Kier alpha value is -6.56. The zero-order valence-corrected chi connectivity index (χ0v) is 30.7. The number of thiazole rings is 1. The second-order valence-electron chi connectivity index (χ2n) is 12.7. The quantitative estimate of drug-likeness (QED) is 0.0608. The highest BCUT2D eigenvalue weighted by molar-refractivity contribution is 7.14. The molecule has 1 aliphatic rings. The van der Waals surface area contributed by atoms with Gasteiger partial charge in [0.05, 0.1) is 13.3 Å². The monoisotopic (exact) mass is 750 g/mol. The number of ether oxygens (including phenoxy) is 1. The summed E-state index contributed by atoms with van der Waals surface area (Å²) < 4.78 is 6.34. The molecule has 0 bridgehead atoms. The van der Waals surface area contributed by atoms with Gasteiger partial charge in [0.25, 0.3) is 0 Å². The molecule has 6 aromatic rings. The van der Waals surface area contributed by atoms with E-state index >= 15 is 0 Å². The number of Topliss-reactive ketones (excluding diaryl/α,β-unsaturated/α-hetero) is 1. The smallest absolute Gasteiger partial charge is 0.360 e. The Morgan fingerprint density at radius 3 is 1.80 bits per heavy atom. The number of oxime groups is 1. The standard InChI is InChI=1S/C44H38N4O6S/c1-52-48-28-39(54-41(31-17-7-2-8-18-31)32-19-9-3-10-20-32)38(49)27-36(48)29-53-47-40(42(50)51)37-30-55-43(45-37)46-44(33-21-11-4-12-22-33,34-23-13-5-14-24-34)35-25-15-6-16-26-35/h2-26,28,30,36,41H,27,29H2,1H3,(H,45,46)(H,50,51)/b47-40-. The Morgan fingerprint density at radius 1 is 0.836 bits per heavy atom. The fourth-order valence-electron chi connectivity index (χ4n) is 6.60. The summed E-state index contributed by atoms with van der Waals surface area (Å²) in [6, 6.07) is 48.8. The summed E-state index contributed by atoms with van der Waals surface area (Å²) in [6.07, 6.45) is 0.957. The SMILES string of the molecule is CON1C=C(OC(c2ccccc2)c2ccccc2)C(=O)CC1CO/N=C(\C(=O)O)c1csc(NC(c2ccccc2)(c2ccccc2)c2ccccc2)n1. The summed E-state index contributed by atoms with van der Waals surface area (Å²) in [4.78, 5) is 41.8. The highest BCUT2D eigenvalue weighted by Gasteiger charge is 2.37. The maximum absolute atomic E-state index is 13.4. The van der Waals surface area contributed by atoms with Crippen LogP contribution in [-0.4, -0.2) is 52.4 Å². The number of nitrogens with zero attached hydrogens (tertiary/aromatic N) is 3. The van der Waals surface area contributed by atoms with Crippen LogP contribution in [0.15, 0.2) is 174 Å². The Kier molecular flexibility index (Phi) is 11.4. The first-order valence-electron chi connectivity index (χ1n) is 17.6. The van der Waals surface area contributed by atoms with E-state index in [0.29, 0.717) is 5.13 Å². The molecule has 10 nitrogen and oxygen atoms in total. The summed E-state index contributed by atoms with van der Waals surface area (Å²) in [5, 5.41) is 21.4. The number of aliphatic carboxylic acids is 1. The van der Waals surface area contributed by atoms with Gasteiger partial charge in [0.15, 0.2) is 10.9 Å². The molecule has 1 unspecified atom stereocenters. The molecule has 7 rings (SSSR count). The van der Waals surface area contributed by atoms with Gasteiger partial charge < -0.3 is 20.0 Å². The van der Waals surface area contributed by atoms with Crippen molar-refractivity contribution in [2.75, 3.05) is 19.0 Å². The van der Waals surface area contributed by atoms with Crippen LogP contribution in [-0.2, 0) is 29.5 Å². The van der Waals surface area contributed by atoms with Crippen molar-refractivity contribution in [2.24, 2.45) is 5.16 Å². The van der Waals surface area contributed by atoms with E-state index in [1.807, 2.05) is 152 Å². The van der Waals surface area contributed by atoms with Crippen LogP contribution in [0, 0.1) is 0 Å². The van der Waals surface area contributed by atoms with Crippen molar-refractivity contribution in [3.63, 3.8) is 0 Å². The van der Waals surface area contributed by atoms with Crippen LogP contribution >= 0.6 is 11.3 Å². The molecule has 0 saturated heterocycles. The first-order valence-corrected chi connectivity index (χ1v) is 18.5. The molecular weight excluding hydrogens is 713 g/mol. The molecule has 1 atom stereocenters. The van der Waals surface area contributed by atoms with Crippen LogP contribution in [0.4, 0.5) is 5.13 Å². The number of carbonyl (C=O) groups is 2. The molecule has 1 aliphatic heterocycles. The number of hydroxylamine groups is 2. The number of ketones is 1. The molecule has 0 saturated carbocycles. The fourth-order valence-corrected chi connectivity index (χ4v) is 7.35. The minimum atomic E-state index is -1.32. The number of allylic oxidation sites excluding steroid dienone is 1. The second-order valence-corrected chi connectivity index (χ2v) is 13.5. The molecular formula is C44H38N4O6S. The summed E-state index contributed by atoms with van der Waals surface area (Å²) in [6.45, 7) is -0.144. The van der Waals surface area contributed by atoms with Crippen LogP contribution in [0.1, 0.15) is 46.0 Å². The van der Waals surface area contributed by atoms with E-state index in [-0.39, 0.29) is 36.0 Å². The van der Waals surface area contributed by atoms with Crippen molar-refractivity contribution in [2.45, 2.75) is 24.1 Å². The molecule has 55 heavy (non-hydrogen) atoms. The maximum Gasteiger partial charge on any atom is 0.360 e. The molecule has 11 heteroatoms. The summed E-state index contributed by atoms with van der Waals surface area (Å²) >= 11 is 1.26. The van der Waals surface area contributed by atoms with Crippen LogP contribution in [0.3, 0.4) is 0 Å². The van der Waals surface area contributed by atoms with E-state index in [1.165, 1.54) is 29.7 Å². The Labute approximate surface area is 322 Å². The van der Waals surface area contributed by atoms with E-state index < -0.39 is 23.7 Å². The minimum absolute atomic E-state index is 0.0147. The molecule has 0 fully saturated rings. The third-order valence-corrected chi connectivity index (χ3v) is 10.0. The number of rotatable bonds is 15. The molecule has 0 radical (unpaired) electrons. The zero-order chi connectivity index (χ0) is 38.0. The third kappa shape index (κ3) is 8.18. The lowest BCUT2D eigenvalue weighted by Gasteiger charge is -2.36. The summed E-state index contributed by atoms with van der Waals surface area (Å²) in [7, 11) is 1.47. The molecule has 2 N–H and O–H groups in total. The van der Waals surface area contributed by atoms with E-state index in [0.717, 1.165) is 27.8 Å². The number of hydrogen-bond donors (Lipinski definition) is 2. The second kappa shape index (κ2) is 17.1. The van der Waals surface area contributed by atoms with Crippen molar-refractivity contribution >= 4 is 33.9 Å². The molecule has 1 aromatic heterocycles. The van der Waals surface area contributed by atoms with Gasteiger partial charge in [0, 0.05) is 11.8 Å². The van der Waals surface area contributed by atoms with E-state index in [4.69, 9.17) is 14.4 Å². The van der Waals surface area contributed by atoms with Crippen LogP contribution in [0.2, 0.25) is 0 Å². The first-order chi connectivity index (χ1) is 27.0. The lowest BCUT2D eigenvalue weighted by atomic mass is 9.77. The average molecular weight is 751 g/mol. The molecule has 276 valence electrons. The van der Waals surface area contributed by atoms with E-state index in [2.05, 4.69) is 15.5 Å². The Balaban J connectivity index is 1.11. The van der Waals surface area contributed by atoms with Gasteiger partial charge in [-0.15, -0.1) is 11.3 Å². The molecule has 0 aliphatic carbocycles. The van der Waals surface area contributed by atoms with E-state index in [1.54, 1.807) is 5.38 Å². The number of carbonyl (C=O) groups excluding carboxylic acids is 1. The molecule has 0 spiro atoms. The highest BCUT2D eigenvalue weighted by Crippen LogP contribution is 2.40. The fraction of sp³-hybridized carbons (Fsp3) is 0.136. The summed E-state index contributed by atoms with van der Waals surface area (Å²) in [5.74, 6) is -1.44. The van der Waals surface area contributed by atoms with Crippen LogP contribution in [0.25, 0.3) is 0 Å². The molecule has 0 amide bonds. The van der Waals surface area contributed by atoms with E-state index in [9.17, 15) is 14.7 Å². The number of benzene rings is 5. The third-order valence-electron chi connectivity index (χ3n) is 9.25. The van der Waals surface area contributed by atoms with Crippen molar-refractivity contribution < 1.29 is 29.1 Å². The predicted molar refractivity (Wildman–Crippen MR) is 211 cm³/mol. The van der Waals surface area contributed by atoms with Gasteiger partial charge >= 0.3 is 5.97 Å². The first kappa shape index (κ1) is 36.8. The lowest BCUT2D eigenvalue weighted by molar-refractivity contribution is -0.156. The van der Waals surface area contributed by atoms with Gasteiger partial charge in [-0.3, -0.25) is 14.7 Å². The van der Waals surface area contributed by atoms with Gasteiger partial charge in [0.1, 0.15) is 30.0 Å². The average Bonchev–Trinajstić information content (AvgIpc) is 3.70. The van der Waals surface area contributed by atoms with Crippen molar-refractivity contribution in [3.8, 4) is 0 Å². The predicted octanol–water partition coefficient (Wildman–Crippen LogP) is 8.20. The number of anilines is 1. The number of carboxylic acid groups (broad SMARTS) is 1. The van der Waals surface area contributed by atoms with Gasteiger partial charge in [-0.05, 0) is 27.8 Å². The number of aromatic nitrogens is 1. The largest absolute Gasteiger partial charge is 0.476 e. The van der Waals surface area contributed by atoms with Crippen molar-refractivity contribution in [3.05, 3.63) is 203 Å². The molecule has 5 aromatic carbocycles. The minimum Gasteiger partial charge on any atom is -0.476 e. The van der Waals surface area contributed by atoms with Crippen LogP contribution in [0.5, 0.6) is 0 Å². The number of hydrogen-bond acceptors (Lipinski definition) is 10. The van der Waals surface area contributed by atoms with Gasteiger partial charge in [-0.2, -0.15) is 0 Å². The number of carboxylic acids is 1. The zero-order valence-electron chi connectivity index (χ0n) is 29.9. The maximum atomic E-state index is 13.4. The van der Waals surface area contributed by atoms with Crippen molar-refractivity contribution in [1.29, 1.82) is 0 Å². The molecule has 2 heterocycles. The lowest BCUT2D eigenvalue weighted by Crippen LogP contribution is -2.40. The van der Waals surface area contributed by atoms with Gasteiger partial charge in [0.2, 0.25) is 11.5 Å². The van der Waals surface area contributed by atoms with Gasteiger partial charge in [-0.25, -0.2) is 9.78 Å². The Morgan fingerprint density at radius 2 is 1.33 bits per heavy atom. The number of nitrogens with one attached hydrogen (secondary N) is 1. The van der Waals surface area contributed by atoms with Crippen molar-refractivity contribution in [1.82, 2.24) is 10.0 Å². The normalized spacial score (nSPS) is 14.7. The Bertz CT molecular complexity index is 2110. The highest BCUT2D eigenvalue weighted by atomic mass is 32.1. The summed E-state index contributed by atoms with van der Waals surface area (Å²) in [5.41, 5.74) is 3.58.